The van der Waals surface area contributed by atoms with Crippen LogP contribution in [0.1, 0.15) is 5.56 Å². The predicted molar refractivity (Wildman–Crippen MR) is 67.9 cm³/mol. The molecule has 2 N–H and O–H groups in total. The largest absolute Gasteiger partial charge is 0.488 e. The smallest absolute Gasteiger partial charge is 0.423 e. The quantitative estimate of drug-likeness (QED) is 0.631. The van der Waals surface area contributed by atoms with Crippen molar-refractivity contribution in [3.8, 4) is 0 Å². The molecule has 1 aromatic heterocycles. The second-order valence-electron chi connectivity index (χ2n) is 3.21. The Morgan fingerprint density at radius 3 is 2.94 bits per heavy atom. The molecule has 0 bridgehead atoms. The molecule has 0 aliphatic carbocycles. The van der Waals surface area contributed by atoms with Gasteiger partial charge in [0.25, 0.3) is 0 Å². The van der Waals surface area contributed by atoms with Crippen LogP contribution in [0, 0.1) is 0 Å². The van der Waals surface area contributed by atoms with Crippen LogP contribution in [-0.4, -0.2) is 22.2 Å². The molecule has 0 spiro atoms. The average Bonchev–Trinajstić information content (AvgIpc) is 2.79. The van der Waals surface area contributed by atoms with Crippen LogP contribution in [0.2, 0.25) is 0 Å². The zero-order valence-electron chi connectivity index (χ0n) is 8.41. The molecule has 6 heteroatoms. The third-order valence-corrected chi connectivity index (χ3v) is 4.06. The lowest BCUT2D eigenvalue weighted by Crippen LogP contribution is -2.29. The zero-order chi connectivity index (χ0) is 11.4. The summed E-state index contributed by atoms with van der Waals surface area (Å²) in [6.07, 6.45) is 1.78. The molecular formula is C10H10BNO2S2. The fraction of sp³-hybridized carbons (Fsp3) is 0.100. The van der Waals surface area contributed by atoms with Crippen molar-refractivity contribution in [2.45, 2.75) is 10.1 Å². The van der Waals surface area contributed by atoms with E-state index < -0.39 is 7.12 Å². The average molecular weight is 251 g/mol. The first-order valence-corrected chi connectivity index (χ1v) is 6.59. The predicted octanol–water partition coefficient (Wildman–Crippen LogP) is 1.12. The van der Waals surface area contributed by atoms with Gasteiger partial charge in [-0.15, -0.1) is 11.3 Å². The summed E-state index contributed by atoms with van der Waals surface area (Å²) in [6.45, 7) is 0. The third-order valence-electron chi connectivity index (χ3n) is 2.02. The highest BCUT2D eigenvalue weighted by Gasteiger charge is 2.10. The minimum absolute atomic E-state index is 0.525. The molecule has 2 rings (SSSR count). The zero-order valence-corrected chi connectivity index (χ0v) is 10.0. The Labute approximate surface area is 102 Å². The van der Waals surface area contributed by atoms with Crippen LogP contribution in [0.5, 0.6) is 0 Å². The summed E-state index contributed by atoms with van der Waals surface area (Å²) >= 11 is 3.25. The Morgan fingerprint density at radius 1 is 1.38 bits per heavy atom. The van der Waals surface area contributed by atoms with Crippen molar-refractivity contribution in [3.63, 3.8) is 0 Å². The molecule has 3 nitrogen and oxygen atoms in total. The fourth-order valence-electron chi connectivity index (χ4n) is 1.27. The van der Waals surface area contributed by atoms with Gasteiger partial charge >= 0.3 is 7.12 Å². The molecule has 16 heavy (non-hydrogen) atoms. The van der Waals surface area contributed by atoms with Crippen molar-refractivity contribution in [2.75, 3.05) is 0 Å². The summed E-state index contributed by atoms with van der Waals surface area (Å²) in [6, 6.07) is 7.28. The van der Waals surface area contributed by atoms with Crippen molar-refractivity contribution >= 4 is 35.7 Å². The van der Waals surface area contributed by atoms with Gasteiger partial charge < -0.3 is 10.0 Å². The summed E-state index contributed by atoms with van der Waals surface area (Å²) < 4.78 is 1.02. The highest BCUT2D eigenvalue weighted by molar-refractivity contribution is 8.00. The molecular weight excluding hydrogens is 241 g/mol. The van der Waals surface area contributed by atoms with E-state index in [1.54, 1.807) is 41.4 Å². The SMILES string of the molecule is OB(O)c1cccc(CSc2nccs2)c1. The van der Waals surface area contributed by atoms with Crippen LogP contribution in [0.3, 0.4) is 0 Å². The lowest BCUT2D eigenvalue weighted by atomic mass is 9.80. The molecule has 0 amide bonds. The van der Waals surface area contributed by atoms with Gasteiger partial charge in [-0.2, -0.15) is 0 Å². The van der Waals surface area contributed by atoms with Crippen LogP contribution >= 0.6 is 23.1 Å². The van der Waals surface area contributed by atoms with Crippen molar-refractivity contribution in [1.29, 1.82) is 0 Å². The van der Waals surface area contributed by atoms with E-state index in [9.17, 15) is 0 Å². The second kappa shape index (κ2) is 5.49. The summed E-state index contributed by atoms with van der Waals surface area (Å²) in [5, 5.41) is 20.0. The molecule has 82 valence electrons. The second-order valence-corrected chi connectivity index (χ2v) is 5.32. The van der Waals surface area contributed by atoms with Gasteiger partial charge in [-0.1, -0.05) is 36.0 Å². The van der Waals surface area contributed by atoms with Crippen LogP contribution < -0.4 is 5.46 Å². The topological polar surface area (TPSA) is 53.4 Å². The maximum Gasteiger partial charge on any atom is 0.488 e. The number of rotatable bonds is 4. The van der Waals surface area contributed by atoms with Crippen molar-refractivity contribution in [2.24, 2.45) is 0 Å². The molecule has 0 aliphatic heterocycles. The number of thiazole rings is 1. The maximum absolute atomic E-state index is 9.04. The lowest BCUT2D eigenvalue weighted by molar-refractivity contribution is 0.425. The Bertz CT molecular complexity index is 448. The highest BCUT2D eigenvalue weighted by atomic mass is 32.2. The summed E-state index contributed by atoms with van der Waals surface area (Å²) in [5.41, 5.74) is 1.59. The van der Waals surface area contributed by atoms with Crippen LogP contribution in [0.25, 0.3) is 0 Å². The Kier molecular flexibility index (Phi) is 4.01. The number of thioether (sulfide) groups is 1. The number of hydrogen-bond acceptors (Lipinski definition) is 5. The first kappa shape index (κ1) is 11.7. The van der Waals surface area contributed by atoms with Gasteiger partial charge in [0.15, 0.2) is 0 Å². The summed E-state index contributed by atoms with van der Waals surface area (Å²) in [4.78, 5) is 4.17. The van der Waals surface area contributed by atoms with E-state index in [0.29, 0.717) is 5.46 Å². The molecule has 2 aromatic rings. The van der Waals surface area contributed by atoms with Gasteiger partial charge in [-0.25, -0.2) is 4.98 Å². The monoisotopic (exact) mass is 251 g/mol. The van der Waals surface area contributed by atoms with Crippen molar-refractivity contribution in [1.82, 2.24) is 4.98 Å². The van der Waals surface area contributed by atoms with Gasteiger partial charge in [0.2, 0.25) is 0 Å². The van der Waals surface area contributed by atoms with E-state index in [-0.39, 0.29) is 0 Å². The van der Waals surface area contributed by atoms with E-state index in [4.69, 9.17) is 10.0 Å². The van der Waals surface area contributed by atoms with E-state index >= 15 is 0 Å². The first-order valence-electron chi connectivity index (χ1n) is 4.73. The molecule has 0 saturated carbocycles. The molecule has 0 radical (unpaired) electrons. The normalized spacial score (nSPS) is 10.4. The maximum atomic E-state index is 9.04. The molecule has 0 aliphatic rings. The molecule has 1 heterocycles. The first-order chi connectivity index (χ1) is 7.75. The molecule has 0 saturated heterocycles. The number of hydrogen-bond donors (Lipinski definition) is 2. The van der Waals surface area contributed by atoms with Crippen molar-refractivity contribution < 1.29 is 10.0 Å². The van der Waals surface area contributed by atoms with E-state index in [0.717, 1.165) is 15.7 Å². The van der Waals surface area contributed by atoms with E-state index in [1.165, 1.54) is 0 Å². The Morgan fingerprint density at radius 2 is 2.25 bits per heavy atom. The molecule has 0 fully saturated rings. The standard InChI is InChI=1S/C10H10BNO2S2/c13-11(14)9-3-1-2-8(6-9)7-16-10-12-4-5-15-10/h1-6,13-14H,7H2. The van der Waals surface area contributed by atoms with E-state index in [1.807, 2.05) is 17.5 Å². The Hall–Kier alpha value is -0.815. The number of nitrogens with zero attached hydrogens (tertiary/aromatic N) is 1. The number of benzene rings is 1. The third kappa shape index (κ3) is 3.09. The Balaban J connectivity index is 2.01. The molecule has 1 aromatic carbocycles. The minimum atomic E-state index is -1.40. The van der Waals surface area contributed by atoms with Crippen LogP contribution in [-0.2, 0) is 5.75 Å². The lowest BCUT2D eigenvalue weighted by Gasteiger charge is -2.03. The van der Waals surface area contributed by atoms with Gasteiger partial charge in [0.1, 0.15) is 4.34 Å². The van der Waals surface area contributed by atoms with Crippen molar-refractivity contribution in [3.05, 3.63) is 41.4 Å². The van der Waals surface area contributed by atoms with Gasteiger partial charge in [-0.3, -0.25) is 0 Å². The molecule has 0 unspecified atom stereocenters. The van der Waals surface area contributed by atoms with E-state index in [2.05, 4.69) is 4.98 Å². The van der Waals surface area contributed by atoms with Crippen LogP contribution in [0.15, 0.2) is 40.2 Å². The minimum Gasteiger partial charge on any atom is -0.423 e. The molecule has 0 atom stereocenters. The van der Waals surface area contributed by atoms with Gasteiger partial charge in [0.05, 0.1) is 0 Å². The fourth-order valence-corrected chi connectivity index (χ4v) is 2.85. The highest BCUT2D eigenvalue weighted by Crippen LogP contribution is 2.23. The number of aromatic nitrogens is 1. The van der Waals surface area contributed by atoms with Gasteiger partial charge in [0, 0.05) is 17.3 Å². The van der Waals surface area contributed by atoms with Crippen LogP contribution in [0.4, 0.5) is 0 Å². The summed E-state index contributed by atoms with van der Waals surface area (Å²) in [7, 11) is -1.40. The summed E-state index contributed by atoms with van der Waals surface area (Å²) in [5.74, 6) is 0.786. The van der Waals surface area contributed by atoms with Gasteiger partial charge in [-0.05, 0) is 11.0 Å².